The largest absolute Gasteiger partial charge is 0.361 e. The van der Waals surface area contributed by atoms with Gasteiger partial charge < -0.3 is 15.2 Å². The van der Waals surface area contributed by atoms with Crippen molar-refractivity contribution in [3.63, 3.8) is 0 Å². The Bertz CT molecular complexity index is 414. The molecule has 1 aromatic rings. The third-order valence-corrected chi connectivity index (χ3v) is 3.86. The Kier molecular flexibility index (Phi) is 3.71. The Morgan fingerprint density at radius 3 is 2.67 bits per heavy atom. The molecule has 1 fully saturated rings. The van der Waals surface area contributed by atoms with Crippen LogP contribution in [0.2, 0.25) is 0 Å². The van der Waals surface area contributed by atoms with Crippen LogP contribution in [0.15, 0.2) is 4.52 Å². The lowest BCUT2D eigenvalue weighted by atomic mass is 9.80. The van der Waals surface area contributed by atoms with Gasteiger partial charge >= 0.3 is 0 Å². The Morgan fingerprint density at radius 2 is 2.11 bits per heavy atom. The molecule has 2 rings (SSSR count). The second-order valence-corrected chi connectivity index (χ2v) is 5.30. The molecule has 5 nitrogen and oxygen atoms in total. The minimum Gasteiger partial charge on any atom is -0.361 e. The fourth-order valence-electron chi connectivity index (χ4n) is 2.34. The molecule has 0 unspecified atom stereocenters. The lowest BCUT2D eigenvalue weighted by molar-refractivity contribution is -0.131. The van der Waals surface area contributed by atoms with Crippen molar-refractivity contribution >= 4 is 5.91 Å². The fraction of sp³-hybridized carbons (Fsp3) is 0.692. The molecule has 5 heteroatoms. The molecule has 2 N–H and O–H groups in total. The van der Waals surface area contributed by atoms with Gasteiger partial charge in [0.1, 0.15) is 5.76 Å². The zero-order chi connectivity index (χ0) is 13.2. The van der Waals surface area contributed by atoms with Gasteiger partial charge in [-0.05, 0) is 39.8 Å². The number of piperidine rings is 1. The summed E-state index contributed by atoms with van der Waals surface area (Å²) >= 11 is 0. The maximum atomic E-state index is 12.2. The third kappa shape index (κ3) is 2.56. The number of hydrogen-bond donors (Lipinski definition) is 2. The molecule has 0 bridgehead atoms. The van der Waals surface area contributed by atoms with Crippen LogP contribution in [-0.4, -0.2) is 24.2 Å². The van der Waals surface area contributed by atoms with Crippen molar-refractivity contribution in [3.05, 3.63) is 17.0 Å². The summed E-state index contributed by atoms with van der Waals surface area (Å²) in [6.07, 6.45) is 1.78. The summed E-state index contributed by atoms with van der Waals surface area (Å²) in [5.41, 5.74) is 1.59. The number of nitrogens with zero attached hydrogens (tertiary/aromatic N) is 1. The van der Waals surface area contributed by atoms with Gasteiger partial charge in [0.25, 0.3) is 0 Å². The Hall–Kier alpha value is -1.36. The summed E-state index contributed by atoms with van der Waals surface area (Å²) in [5.74, 6) is 0.910. The average molecular weight is 251 g/mol. The van der Waals surface area contributed by atoms with Crippen LogP contribution in [0.3, 0.4) is 0 Å². The normalized spacial score (nSPS) is 18.6. The van der Waals surface area contributed by atoms with E-state index in [1.54, 1.807) is 0 Å². The predicted octanol–water partition coefficient (Wildman–Crippen LogP) is 1.30. The molecular weight excluding hydrogens is 230 g/mol. The molecule has 0 spiro atoms. The van der Waals surface area contributed by atoms with Crippen molar-refractivity contribution in [2.24, 2.45) is 5.41 Å². The van der Waals surface area contributed by atoms with Gasteiger partial charge in [-0.3, -0.25) is 4.79 Å². The van der Waals surface area contributed by atoms with Crippen molar-refractivity contribution in [3.8, 4) is 0 Å². The third-order valence-electron chi connectivity index (χ3n) is 3.86. The van der Waals surface area contributed by atoms with Gasteiger partial charge in [0, 0.05) is 17.5 Å². The summed E-state index contributed by atoms with van der Waals surface area (Å²) < 4.78 is 5.09. The molecule has 0 atom stereocenters. The lowest BCUT2D eigenvalue weighted by Crippen LogP contribution is -2.45. The molecule has 0 radical (unpaired) electrons. The van der Waals surface area contributed by atoms with Crippen molar-refractivity contribution in [2.45, 2.75) is 40.2 Å². The molecule has 0 saturated carbocycles. The molecule has 0 aromatic carbocycles. The Morgan fingerprint density at radius 1 is 1.44 bits per heavy atom. The first-order valence-corrected chi connectivity index (χ1v) is 6.44. The highest BCUT2D eigenvalue weighted by Gasteiger charge is 2.34. The van der Waals surface area contributed by atoms with Crippen molar-refractivity contribution in [1.29, 1.82) is 0 Å². The number of hydrogen-bond acceptors (Lipinski definition) is 4. The van der Waals surface area contributed by atoms with Crippen molar-refractivity contribution < 1.29 is 9.32 Å². The number of amides is 1. The van der Waals surface area contributed by atoms with E-state index in [2.05, 4.69) is 15.8 Å². The maximum Gasteiger partial charge on any atom is 0.226 e. The first kappa shape index (κ1) is 13.1. The van der Waals surface area contributed by atoms with Crippen LogP contribution < -0.4 is 10.6 Å². The van der Waals surface area contributed by atoms with Crippen molar-refractivity contribution in [1.82, 2.24) is 15.8 Å². The Labute approximate surface area is 107 Å². The quantitative estimate of drug-likeness (QED) is 0.849. The topological polar surface area (TPSA) is 67.2 Å². The van der Waals surface area contributed by atoms with Gasteiger partial charge in [-0.15, -0.1) is 0 Å². The van der Waals surface area contributed by atoms with Gasteiger partial charge in [0.2, 0.25) is 5.91 Å². The van der Waals surface area contributed by atoms with Crippen LogP contribution in [0, 0.1) is 19.3 Å². The summed E-state index contributed by atoms with van der Waals surface area (Å²) in [6, 6.07) is 0. The maximum absolute atomic E-state index is 12.2. The standard InChI is InChI=1S/C13H21N3O2/c1-9-11(10(2)18-16-9)8-15-12(17)13(3)4-6-14-7-5-13/h14H,4-8H2,1-3H3,(H,15,17). The van der Waals surface area contributed by atoms with Crippen LogP contribution in [0.25, 0.3) is 0 Å². The first-order valence-electron chi connectivity index (χ1n) is 6.44. The molecule has 18 heavy (non-hydrogen) atoms. The minimum absolute atomic E-state index is 0.129. The predicted molar refractivity (Wildman–Crippen MR) is 68.0 cm³/mol. The molecule has 1 amide bonds. The van der Waals surface area contributed by atoms with Gasteiger partial charge in [0.15, 0.2) is 0 Å². The highest BCUT2D eigenvalue weighted by Crippen LogP contribution is 2.28. The molecule has 0 aliphatic carbocycles. The van der Waals surface area contributed by atoms with E-state index in [0.29, 0.717) is 6.54 Å². The molecule has 100 valence electrons. The molecule has 1 saturated heterocycles. The van der Waals surface area contributed by atoms with E-state index in [4.69, 9.17) is 4.52 Å². The number of aryl methyl sites for hydroxylation is 2. The van der Waals surface area contributed by atoms with E-state index >= 15 is 0 Å². The highest BCUT2D eigenvalue weighted by molar-refractivity contribution is 5.82. The number of aromatic nitrogens is 1. The van der Waals surface area contributed by atoms with Crippen LogP contribution >= 0.6 is 0 Å². The summed E-state index contributed by atoms with van der Waals surface area (Å²) in [4.78, 5) is 12.2. The van der Waals surface area contributed by atoms with Crippen LogP contribution in [-0.2, 0) is 11.3 Å². The van der Waals surface area contributed by atoms with E-state index in [-0.39, 0.29) is 11.3 Å². The second-order valence-electron chi connectivity index (χ2n) is 5.30. The summed E-state index contributed by atoms with van der Waals surface area (Å²) in [6.45, 7) is 8.13. The van der Waals surface area contributed by atoms with Crippen molar-refractivity contribution in [2.75, 3.05) is 13.1 Å². The number of nitrogens with one attached hydrogen (secondary N) is 2. The SMILES string of the molecule is Cc1noc(C)c1CNC(=O)C1(C)CCNCC1. The van der Waals surface area contributed by atoms with E-state index in [0.717, 1.165) is 42.9 Å². The molecule has 1 aromatic heterocycles. The second kappa shape index (κ2) is 5.10. The number of rotatable bonds is 3. The number of carbonyl (C=O) groups excluding carboxylic acids is 1. The van der Waals surface area contributed by atoms with E-state index in [1.165, 1.54) is 0 Å². The van der Waals surface area contributed by atoms with E-state index < -0.39 is 0 Å². The van der Waals surface area contributed by atoms with Gasteiger partial charge in [-0.2, -0.15) is 0 Å². The summed E-state index contributed by atoms with van der Waals surface area (Å²) in [5, 5.41) is 10.2. The molecular formula is C13H21N3O2. The average Bonchev–Trinajstić information content (AvgIpc) is 2.67. The zero-order valence-electron chi connectivity index (χ0n) is 11.3. The first-order chi connectivity index (χ1) is 8.53. The molecule has 2 heterocycles. The van der Waals surface area contributed by atoms with Gasteiger partial charge in [-0.1, -0.05) is 12.1 Å². The van der Waals surface area contributed by atoms with Gasteiger partial charge in [-0.25, -0.2) is 0 Å². The smallest absolute Gasteiger partial charge is 0.226 e. The molecule has 1 aliphatic rings. The van der Waals surface area contributed by atoms with Crippen LogP contribution in [0.4, 0.5) is 0 Å². The Balaban J connectivity index is 1.96. The monoisotopic (exact) mass is 251 g/mol. The van der Waals surface area contributed by atoms with Crippen LogP contribution in [0.5, 0.6) is 0 Å². The molecule has 1 aliphatic heterocycles. The van der Waals surface area contributed by atoms with Crippen LogP contribution in [0.1, 0.15) is 36.8 Å². The van der Waals surface area contributed by atoms with Gasteiger partial charge in [0.05, 0.1) is 5.69 Å². The number of carbonyl (C=O) groups is 1. The zero-order valence-corrected chi connectivity index (χ0v) is 11.3. The highest BCUT2D eigenvalue weighted by atomic mass is 16.5. The van der Waals surface area contributed by atoms with E-state index in [1.807, 2.05) is 20.8 Å². The lowest BCUT2D eigenvalue weighted by Gasteiger charge is -2.32. The summed E-state index contributed by atoms with van der Waals surface area (Å²) in [7, 11) is 0. The minimum atomic E-state index is -0.246. The van der Waals surface area contributed by atoms with E-state index in [9.17, 15) is 4.79 Å². The fourth-order valence-corrected chi connectivity index (χ4v) is 2.34.